The molecule has 0 aromatic carbocycles. The van der Waals surface area contributed by atoms with E-state index in [-0.39, 0.29) is 69.7 Å². The molecule has 4 heterocycles. The summed E-state index contributed by atoms with van der Waals surface area (Å²) in [6, 6.07) is -2.77. The van der Waals surface area contributed by atoms with Gasteiger partial charge in [-0.15, -0.1) is 6.58 Å². The number of fused-ring (bicyclic) bond motifs is 4. The van der Waals surface area contributed by atoms with Gasteiger partial charge in [-0.25, -0.2) is 4.31 Å². The van der Waals surface area contributed by atoms with Crippen LogP contribution in [0.2, 0.25) is 0 Å². The minimum absolute atomic E-state index is 0.0640. The summed E-state index contributed by atoms with van der Waals surface area (Å²) < 4.78 is 5.16. The molecule has 7 rings (SSSR count). The smallest absolute Gasteiger partial charge is 0.257 e. The second-order valence-corrected chi connectivity index (χ2v) is 21.7. The van der Waals surface area contributed by atoms with E-state index < -0.39 is 29.1 Å². The highest BCUT2D eigenvalue weighted by Gasteiger charge is 2.65. The topological polar surface area (TPSA) is 143 Å². The molecule has 0 aromatic rings. The van der Waals surface area contributed by atoms with Crippen LogP contribution in [0.25, 0.3) is 0 Å². The predicted octanol–water partition coefficient (Wildman–Crippen LogP) is 4.70. The largest absolute Gasteiger partial charge is 0.343 e. The van der Waals surface area contributed by atoms with Crippen molar-refractivity contribution in [1.82, 2.24) is 34.8 Å². The van der Waals surface area contributed by atoms with Crippen LogP contribution in [-0.4, -0.2) is 105 Å². The Morgan fingerprint density at radius 2 is 1.61 bits per heavy atom. The second-order valence-electron chi connectivity index (χ2n) is 20.8. The van der Waals surface area contributed by atoms with E-state index in [9.17, 15) is 19.2 Å². The Morgan fingerprint density at radius 3 is 2.23 bits per heavy atom. The molecule has 0 aromatic heterocycles. The first-order valence-corrected chi connectivity index (χ1v) is 22.5. The Hall–Kier alpha value is -2.64. The van der Waals surface area contributed by atoms with E-state index in [4.69, 9.17) is 0 Å². The molecule has 312 valence electrons. The Labute approximate surface area is 339 Å². The Balaban J connectivity index is 1.22. The maximum absolute atomic E-state index is 15.2. The van der Waals surface area contributed by atoms with Gasteiger partial charge in [0.2, 0.25) is 23.6 Å². The van der Waals surface area contributed by atoms with Crippen molar-refractivity contribution in [1.29, 1.82) is 0 Å². The number of rotatable bonds is 8. The van der Waals surface area contributed by atoms with Gasteiger partial charge < -0.3 is 20.9 Å². The van der Waals surface area contributed by atoms with E-state index >= 15 is 4.79 Å². The Kier molecular flexibility index (Phi) is 11.3. The van der Waals surface area contributed by atoms with Crippen molar-refractivity contribution < 1.29 is 24.0 Å². The molecule has 1 spiro atoms. The van der Waals surface area contributed by atoms with Crippen LogP contribution in [0.4, 0.5) is 0 Å². The number of hydrogen-bond donors (Lipinski definition) is 4. The summed E-state index contributed by atoms with van der Waals surface area (Å²) in [4.78, 5) is 76.6. The van der Waals surface area contributed by atoms with Crippen LogP contribution in [-0.2, 0) is 24.0 Å². The number of nitrogens with zero attached hydrogens (tertiary/aromatic N) is 3. The van der Waals surface area contributed by atoms with Crippen LogP contribution < -0.4 is 20.7 Å². The quantitative estimate of drug-likeness (QED) is 0.205. The fourth-order valence-electron chi connectivity index (χ4n) is 11.8. The van der Waals surface area contributed by atoms with Crippen LogP contribution in [0.15, 0.2) is 12.7 Å². The number of nitrogens with one attached hydrogen (secondary N) is 4. The van der Waals surface area contributed by atoms with E-state index in [2.05, 4.69) is 64.2 Å². The molecule has 10 atom stereocenters. The zero-order valence-corrected chi connectivity index (χ0v) is 36.0. The minimum atomic E-state index is -1.11. The molecule has 10 unspecified atom stereocenters. The number of carbonyl (C=O) groups is 5. The van der Waals surface area contributed by atoms with Gasteiger partial charge in [-0.3, -0.25) is 33.6 Å². The third-order valence-corrected chi connectivity index (χ3v) is 16.4. The van der Waals surface area contributed by atoms with Gasteiger partial charge in [0.25, 0.3) is 5.91 Å². The van der Waals surface area contributed by atoms with E-state index in [0.717, 1.165) is 90.3 Å². The Bertz CT molecular complexity index is 1590. The van der Waals surface area contributed by atoms with E-state index in [1.165, 1.54) is 12.1 Å². The first-order chi connectivity index (χ1) is 26.3. The van der Waals surface area contributed by atoms with E-state index in [1.54, 1.807) is 11.0 Å². The highest BCUT2D eigenvalue weighted by Crippen LogP contribution is 2.63. The molecule has 56 heavy (non-hydrogen) atoms. The van der Waals surface area contributed by atoms with Gasteiger partial charge >= 0.3 is 0 Å². The average Bonchev–Trinajstić information content (AvgIpc) is 3.40. The van der Waals surface area contributed by atoms with Gasteiger partial charge in [-0.1, -0.05) is 53.0 Å². The number of likely N-dealkylation sites (tertiary alicyclic amines) is 1. The summed E-state index contributed by atoms with van der Waals surface area (Å²) in [6.07, 6.45) is 13.3. The molecule has 7 aliphatic rings. The number of hydrogen-bond acceptors (Lipinski definition) is 8. The highest BCUT2D eigenvalue weighted by atomic mass is 32.2. The molecule has 13 heteroatoms. The van der Waals surface area contributed by atoms with Gasteiger partial charge in [0.05, 0.1) is 6.04 Å². The molecule has 4 aliphatic heterocycles. The minimum Gasteiger partial charge on any atom is -0.343 e. The fourth-order valence-corrected chi connectivity index (χ4v) is 12.6. The molecule has 3 aliphatic carbocycles. The number of carbonyl (C=O) groups excluding carboxylic acids is 5. The summed E-state index contributed by atoms with van der Waals surface area (Å²) in [7, 11) is 0. The highest BCUT2D eigenvalue weighted by molar-refractivity contribution is 7.95. The molecular weight excluding hydrogens is 727 g/mol. The third kappa shape index (κ3) is 7.44. The lowest BCUT2D eigenvalue weighted by Crippen LogP contribution is -2.66. The SMILES string of the molecule is C=CC1CC1(NC(=O)C1CC23CCCCC2(C)C2CCCC(C2)C(NC(=O)C2CCN2C(C)(C)C)C(=O)NC(C(C)(C)C)C(=O)N1C3)C(=O)NSN1CCCC1. The van der Waals surface area contributed by atoms with Crippen molar-refractivity contribution in [2.45, 2.75) is 167 Å². The van der Waals surface area contributed by atoms with Crippen molar-refractivity contribution in [3.05, 3.63) is 12.7 Å². The molecule has 4 saturated heterocycles. The van der Waals surface area contributed by atoms with Crippen molar-refractivity contribution in [2.75, 3.05) is 26.2 Å². The zero-order chi connectivity index (χ0) is 40.4. The normalized spacial score (nSPS) is 39.3. The first-order valence-electron chi connectivity index (χ1n) is 21.7. The van der Waals surface area contributed by atoms with Gasteiger partial charge in [-0.2, -0.15) is 0 Å². The van der Waals surface area contributed by atoms with Gasteiger partial charge in [-0.05, 0) is 113 Å². The van der Waals surface area contributed by atoms with E-state index in [0.29, 0.717) is 19.4 Å². The van der Waals surface area contributed by atoms with Crippen LogP contribution in [0, 0.1) is 34.0 Å². The molecule has 0 radical (unpaired) electrons. The summed E-state index contributed by atoms with van der Waals surface area (Å²) >= 11 is 1.31. The average molecular weight is 796 g/mol. The van der Waals surface area contributed by atoms with Crippen molar-refractivity contribution in [2.24, 2.45) is 34.0 Å². The Morgan fingerprint density at radius 1 is 0.893 bits per heavy atom. The summed E-state index contributed by atoms with van der Waals surface area (Å²) in [5, 5.41) is 9.65. The summed E-state index contributed by atoms with van der Waals surface area (Å²) in [5.41, 5.74) is -2.46. The molecule has 4 N–H and O–H groups in total. The monoisotopic (exact) mass is 796 g/mol. The van der Waals surface area contributed by atoms with Crippen LogP contribution in [0.1, 0.15) is 132 Å². The molecule has 5 amide bonds. The molecular formula is C43H69N7O5S. The van der Waals surface area contributed by atoms with Crippen molar-refractivity contribution in [3.63, 3.8) is 0 Å². The lowest BCUT2D eigenvalue weighted by atomic mass is 9.48. The predicted molar refractivity (Wildman–Crippen MR) is 218 cm³/mol. The summed E-state index contributed by atoms with van der Waals surface area (Å²) in [6.45, 7) is 21.7. The second kappa shape index (κ2) is 15.2. The third-order valence-electron chi connectivity index (χ3n) is 15.5. The molecule has 12 nitrogen and oxygen atoms in total. The van der Waals surface area contributed by atoms with Crippen molar-refractivity contribution in [3.8, 4) is 0 Å². The van der Waals surface area contributed by atoms with Crippen LogP contribution in [0.3, 0.4) is 0 Å². The number of amides is 5. The van der Waals surface area contributed by atoms with Gasteiger partial charge in [0.1, 0.15) is 23.7 Å². The van der Waals surface area contributed by atoms with Crippen LogP contribution >= 0.6 is 12.1 Å². The van der Waals surface area contributed by atoms with Crippen molar-refractivity contribution >= 4 is 41.7 Å². The maximum atomic E-state index is 15.2. The van der Waals surface area contributed by atoms with E-state index in [1.807, 2.05) is 20.8 Å². The standard InChI is InChI=1S/C43H69N7O5S/c1-9-28-24-43(28,38(55)47-56-48-20-12-13-21-48)46-35(52)31-25-42-19-11-10-18-41(42,8)29-16-14-15-27(23-29)32(44-34(51)30-17-22-50(30)40(5,6)7)36(53)45-33(39(2,3)4)37(54)49(31)26-42/h9,27-33H,1,10-26H2,2-8H3,(H,44,51)(H,45,53)(H,46,52)(H,47,55). The maximum Gasteiger partial charge on any atom is 0.257 e. The lowest BCUT2D eigenvalue weighted by molar-refractivity contribution is -0.147. The lowest BCUT2D eigenvalue weighted by Gasteiger charge is -2.56. The van der Waals surface area contributed by atoms with Crippen LogP contribution in [0.5, 0.6) is 0 Å². The zero-order valence-electron chi connectivity index (χ0n) is 35.1. The molecule has 7 fully saturated rings. The fraction of sp³-hybridized carbons (Fsp3) is 0.837. The molecule has 3 saturated carbocycles. The molecule has 4 bridgehead atoms. The first kappa shape index (κ1) is 41.5. The van der Waals surface area contributed by atoms with Gasteiger partial charge in [0, 0.05) is 49.8 Å². The summed E-state index contributed by atoms with van der Waals surface area (Å²) in [5.74, 6) is -1.25. The van der Waals surface area contributed by atoms with Gasteiger partial charge in [0.15, 0.2) is 0 Å².